The fraction of sp³-hybridized carbons (Fsp3) is 0.227. The monoisotopic (exact) mass is 419 g/mol. The summed E-state index contributed by atoms with van der Waals surface area (Å²) in [6.07, 6.45) is 4.84. The van der Waals surface area contributed by atoms with Crippen molar-refractivity contribution in [3.63, 3.8) is 0 Å². The fourth-order valence-corrected chi connectivity index (χ4v) is 4.21. The maximum Gasteiger partial charge on any atom is 0.256 e. The van der Waals surface area contributed by atoms with E-state index in [0.29, 0.717) is 22.9 Å². The lowest BCUT2D eigenvalue weighted by Crippen LogP contribution is -2.37. The third-order valence-electron chi connectivity index (χ3n) is 5.03. The van der Waals surface area contributed by atoms with Crippen LogP contribution in [0.4, 0.5) is 5.13 Å². The van der Waals surface area contributed by atoms with Gasteiger partial charge in [0.2, 0.25) is 5.91 Å². The Hall–Kier alpha value is -3.39. The molecule has 0 fully saturated rings. The van der Waals surface area contributed by atoms with Crippen LogP contribution in [0.25, 0.3) is 10.2 Å². The number of hydrogen-bond donors (Lipinski definition) is 0. The van der Waals surface area contributed by atoms with Crippen LogP contribution in [-0.4, -0.2) is 25.4 Å². The van der Waals surface area contributed by atoms with Crippen LogP contribution in [-0.2, 0) is 17.9 Å². The van der Waals surface area contributed by atoms with Crippen LogP contribution >= 0.6 is 11.3 Å². The first kappa shape index (κ1) is 19.9. The van der Waals surface area contributed by atoms with Crippen LogP contribution in [0.5, 0.6) is 0 Å². The van der Waals surface area contributed by atoms with E-state index in [-0.39, 0.29) is 18.0 Å². The second-order valence-corrected chi connectivity index (χ2v) is 8.16. The van der Waals surface area contributed by atoms with E-state index in [4.69, 9.17) is 4.98 Å². The lowest BCUT2D eigenvalue weighted by Gasteiger charge is -2.20. The van der Waals surface area contributed by atoms with Crippen molar-refractivity contribution in [2.45, 2.75) is 33.9 Å². The van der Waals surface area contributed by atoms with E-state index >= 15 is 0 Å². The van der Waals surface area contributed by atoms with Crippen molar-refractivity contribution in [1.82, 2.24) is 19.5 Å². The summed E-state index contributed by atoms with van der Waals surface area (Å²) in [7, 11) is 0. The molecule has 0 spiro atoms. The van der Waals surface area contributed by atoms with Gasteiger partial charge >= 0.3 is 0 Å². The Kier molecular flexibility index (Phi) is 5.41. The van der Waals surface area contributed by atoms with Crippen LogP contribution in [0.1, 0.15) is 22.4 Å². The number of thiazole rings is 1. The highest BCUT2D eigenvalue weighted by molar-refractivity contribution is 7.22. The average molecular weight is 420 g/mol. The average Bonchev–Trinajstić information content (AvgIpc) is 3.18. The molecule has 30 heavy (non-hydrogen) atoms. The van der Waals surface area contributed by atoms with Crippen molar-refractivity contribution >= 4 is 32.6 Å². The summed E-state index contributed by atoms with van der Waals surface area (Å²) in [5.74, 6) is -0.234. The van der Waals surface area contributed by atoms with Crippen LogP contribution in [0.15, 0.2) is 53.8 Å². The van der Waals surface area contributed by atoms with E-state index in [0.717, 1.165) is 21.3 Å². The van der Waals surface area contributed by atoms with Crippen molar-refractivity contribution in [2.75, 3.05) is 4.90 Å². The van der Waals surface area contributed by atoms with Crippen molar-refractivity contribution in [3.8, 4) is 0 Å². The lowest BCUT2D eigenvalue weighted by molar-refractivity contribution is -0.119. The predicted octanol–water partition coefficient (Wildman–Crippen LogP) is 3.41. The molecule has 0 saturated heterocycles. The largest absolute Gasteiger partial charge is 0.289 e. The summed E-state index contributed by atoms with van der Waals surface area (Å²) in [5.41, 5.74) is 3.81. The van der Waals surface area contributed by atoms with Crippen LogP contribution in [0.2, 0.25) is 0 Å². The smallest absolute Gasteiger partial charge is 0.256 e. The minimum atomic E-state index is -0.234. The summed E-state index contributed by atoms with van der Waals surface area (Å²) in [6, 6.07) is 9.72. The summed E-state index contributed by atoms with van der Waals surface area (Å²) >= 11 is 1.46. The van der Waals surface area contributed by atoms with Gasteiger partial charge in [-0.2, -0.15) is 0 Å². The Bertz CT molecular complexity index is 1280. The molecule has 4 aromatic rings. The number of carbonyl (C=O) groups excluding carboxylic acids is 1. The maximum absolute atomic E-state index is 13.3. The van der Waals surface area contributed by atoms with Crippen molar-refractivity contribution in [3.05, 3.63) is 81.8 Å². The first-order chi connectivity index (χ1) is 14.4. The quantitative estimate of drug-likeness (QED) is 0.495. The van der Waals surface area contributed by atoms with Crippen molar-refractivity contribution in [1.29, 1.82) is 0 Å². The summed E-state index contributed by atoms with van der Waals surface area (Å²) < 4.78 is 2.36. The van der Waals surface area contributed by atoms with E-state index in [2.05, 4.69) is 9.97 Å². The molecule has 0 bridgehead atoms. The minimum absolute atomic E-state index is 0.109. The third-order valence-corrected chi connectivity index (χ3v) is 6.07. The molecule has 0 N–H and O–H groups in total. The van der Waals surface area contributed by atoms with Gasteiger partial charge in [0.05, 0.1) is 23.1 Å². The number of para-hydroxylation sites is 1. The summed E-state index contributed by atoms with van der Waals surface area (Å²) in [4.78, 5) is 40.6. The standard InChI is InChI=1S/C22H21N5O2S/c1-14-6-4-8-18-20(14)25-22(30-18)27(11-17-7-5-9-23-10-17)19(28)12-26-13-24-16(3)15(2)21(26)29/h4-10,13H,11-12H2,1-3H3. The van der Waals surface area contributed by atoms with E-state index < -0.39 is 0 Å². The molecule has 1 amide bonds. The Morgan fingerprint density at radius 2 is 2.00 bits per heavy atom. The van der Waals surface area contributed by atoms with Gasteiger partial charge in [-0.15, -0.1) is 0 Å². The van der Waals surface area contributed by atoms with Crippen molar-refractivity contribution < 1.29 is 4.79 Å². The molecule has 0 aliphatic rings. The van der Waals surface area contributed by atoms with Gasteiger partial charge in [0, 0.05) is 23.7 Å². The highest BCUT2D eigenvalue weighted by atomic mass is 32.1. The number of anilines is 1. The Balaban J connectivity index is 1.73. The van der Waals surface area contributed by atoms with E-state index in [1.165, 1.54) is 22.2 Å². The molecule has 4 rings (SSSR count). The number of amides is 1. The number of carbonyl (C=O) groups is 1. The van der Waals surface area contributed by atoms with Gasteiger partial charge < -0.3 is 0 Å². The first-order valence-electron chi connectivity index (χ1n) is 9.52. The topological polar surface area (TPSA) is 81.0 Å². The highest BCUT2D eigenvalue weighted by Crippen LogP contribution is 2.31. The minimum Gasteiger partial charge on any atom is -0.289 e. The molecule has 0 aliphatic heterocycles. The highest BCUT2D eigenvalue weighted by Gasteiger charge is 2.22. The molecule has 0 aliphatic carbocycles. The van der Waals surface area contributed by atoms with Crippen LogP contribution in [0.3, 0.4) is 0 Å². The van der Waals surface area contributed by atoms with Crippen LogP contribution in [0, 0.1) is 20.8 Å². The molecule has 152 valence electrons. The second kappa shape index (κ2) is 8.16. The Morgan fingerprint density at radius 1 is 1.17 bits per heavy atom. The van der Waals surface area contributed by atoms with Gasteiger partial charge in [-0.1, -0.05) is 29.5 Å². The molecule has 0 unspecified atom stereocenters. The number of benzene rings is 1. The second-order valence-electron chi connectivity index (χ2n) is 7.15. The van der Waals surface area contributed by atoms with Gasteiger partial charge in [-0.05, 0) is 44.0 Å². The molecule has 1 aromatic carbocycles. The third kappa shape index (κ3) is 3.86. The van der Waals surface area contributed by atoms with Gasteiger partial charge in [0.1, 0.15) is 6.54 Å². The number of aromatic nitrogens is 4. The number of pyridine rings is 1. The molecule has 0 atom stereocenters. The first-order valence-corrected chi connectivity index (χ1v) is 10.3. The summed E-state index contributed by atoms with van der Waals surface area (Å²) in [6.45, 7) is 5.70. The molecule has 8 heteroatoms. The molecular weight excluding hydrogens is 398 g/mol. The van der Waals surface area contributed by atoms with Gasteiger partial charge in [0.15, 0.2) is 5.13 Å². The lowest BCUT2D eigenvalue weighted by atomic mass is 10.2. The number of rotatable bonds is 5. The molecule has 0 radical (unpaired) electrons. The Labute approximate surface area is 177 Å². The normalized spacial score (nSPS) is 11.0. The molecule has 3 heterocycles. The zero-order valence-corrected chi connectivity index (χ0v) is 17.8. The molecular formula is C22H21N5O2S. The number of aryl methyl sites for hydroxylation is 2. The zero-order chi connectivity index (χ0) is 21.3. The number of fused-ring (bicyclic) bond motifs is 1. The Morgan fingerprint density at radius 3 is 2.73 bits per heavy atom. The maximum atomic E-state index is 13.3. The molecule has 0 saturated carbocycles. The van der Waals surface area contributed by atoms with E-state index in [1.54, 1.807) is 31.1 Å². The number of nitrogens with zero attached hydrogens (tertiary/aromatic N) is 5. The SMILES string of the molecule is Cc1ncn(CC(=O)N(Cc2cccnc2)c2nc3c(C)cccc3s2)c(=O)c1C. The van der Waals surface area contributed by atoms with Gasteiger partial charge in [-0.3, -0.25) is 24.0 Å². The molecule has 7 nitrogen and oxygen atoms in total. The molecule has 3 aromatic heterocycles. The predicted molar refractivity (Wildman–Crippen MR) is 118 cm³/mol. The van der Waals surface area contributed by atoms with E-state index in [9.17, 15) is 9.59 Å². The van der Waals surface area contributed by atoms with Crippen molar-refractivity contribution in [2.24, 2.45) is 0 Å². The summed E-state index contributed by atoms with van der Waals surface area (Å²) in [5, 5.41) is 0.595. The van der Waals surface area contributed by atoms with Gasteiger partial charge in [0.25, 0.3) is 5.56 Å². The fourth-order valence-electron chi connectivity index (χ4n) is 3.15. The zero-order valence-electron chi connectivity index (χ0n) is 17.0. The number of hydrogen-bond acceptors (Lipinski definition) is 6. The van der Waals surface area contributed by atoms with Crippen LogP contribution < -0.4 is 10.5 Å². The van der Waals surface area contributed by atoms with E-state index in [1.807, 2.05) is 37.3 Å². The van der Waals surface area contributed by atoms with Gasteiger partial charge in [-0.25, -0.2) is 9.97 Å².